The van der Waals surface area contributed by atoms with Gasteiger partial charge in [0.1, 0.15) is 5.75 Å². The summed E-state index contributed by atoms with van der Waals surface area (Å²) in [5, 5.41) is 9.81. The Kier molecular flexibility index (Phi) is 7.89. The summed E-state index contributed by atoms with van der Waals surface area (Å²) in [6, 6.07) is 7.32. The third kappa shape index (κ3) is 4.84. The first kappa shape index (κ1) is 24.7. The Morgan fingerprint density at radius 2 is 2.00 bits per heavy atom. The van der Waals surface area contributed by atoms with Gasteiger partial charge in [-0.05, 0) is 60.9 Å². The van der Waals surface area contributed by atoms with Crippen LogP contribution in [0.1, 0.15) is 57.9 Å². The molecule has 34 heavy (non-hydrogen) atoms. The van der Waals surface area contributed by atoms with Crippen LogP contribution in [0.5, 0.6) is 5.75 Å². The summed E-state index contributed by atoms with van der Waals surface area (Å²) in [6.45, 7) is 5.63. The number of phenolic OH excluding ortho intramolecular Hbond substituents is 1. The predicted octanol–water partition coefficient (Wildman–Crippen LogP) is 4.73. The SMILES string of the molecule is CCC/C(=C\c1cccc(O)c1)CC[C@H]1OC[C@H]2C1=C(COC)C[C@H]1C(=O)N(CCC)C(=O)[C@H]12. The van der Waals surface area contributed by atoms with Crippen LogP contribution in [0.3, 0.4) is 0 Å². The summed E-state index contributed by atoms with van der Waals surface area (Å²) in [6.07, 6.45) is 7.23. The third-order valence-electron chi connectivity index (χ3n) is 7.40. The zero-order chi connectivity index (χ0) is 24.2. The van der Waals surface area contributed by atoms with Crippen molar-refractivity contribution in [2.45, 2.75) is 58.5 Å². The number of imide groups is 1. The fourth-order valence-corrected chi connectivity index (χ4v) is 6.05. The summed E-state index contributed by atoms with van der Waals surface area (Å²) < 4.78 is 11.8. The van der Waals surface area contributed by atoms with Gasteiger partial charge >= 0.3 is 0 Å². The van der Waals surface area contributed by atoms with Crippen LogP contribution in [-0.4, -0.2) is 54.8 Å². The first-order chi connectivity index (χ1) is 16.5. The number of hydrogen-bond donors (Lipinski definition) is 1. The van der Waals surface area contributed by atoms with E-state index in [0.717, 1.165) is 43.2 Å². The van der Waals surface area contributed by atoms with Crippen molar-refractivity contribution < 1.29 is 24.2 Å². The largest absolute Gasteiger partial charge is 0.508 e. The highest BCUT2D eigenvalue weighted by Crippen LogP contribution is 2.50. The van der Waals surface area contributed by atoms with Crippen molar-refractivity contribution in [2.24, 2.45) is 17.8 Å². The van der Waals surface area contributed by atoms with E-state index >= 15 is 0 Å². The van der Waals surface area contributed by atoms with E-state index in [4.69, 9.17) is 9.47 Å². The maximum Gasteiger partial charge on any atom is 0.233 e. The van der Waals surface area contributed by atoms with Gasteiger partial charge in [0.15, 0.2) is 0 Å². The molecule has 0 bridgehead atoms. The lowest BCUT2D eigenvalue weighted by molar-refractivity contribution is -0.140. The molecule has 1 N–H and O–H groups in total. The number of carbonyl (C=O) groups is 2. The number of benzene rings is 1. The second-order valence-electron chi connectivity index (χ2n) is 9.77. The summed E-state index contributed by atoms with van der Waals surface area (Å²) in [5.41, 5.74) is 4.67. The van der Waals surface area contributed by atoms with Gasteiger partial charge in [0, 0.05) is 19.6 Å². The number of hydrogen-bond acceptors (Lipinski definition) is 5. The van der Waals surface area contributed by atoms with Gasteiger partial charge < -0.3 is 14.6 Å². The minimum atomic E-state index is -0.294. The standard InChI is InChI=1S/C28H37NO5/c1-4-7-18(13-19-8-6-9-21(30)14-19)10-11-24-25-20(16-33-3)15-22-26(23(25)17-34-24)28(32)29(12-5-2)27(22)31/h6,8-9,13-14,22-24,26,30H,4-5,7,10-12,15-17H2,1-3H3/b18-13+/t22-,23+,24-,26-/m1/s1. The minimum Gasteiger partial charge on any atom is -0.508 e. The van der Waals surface area contributed by atoms with Crippen molar-refractivity contribution in [3.05, 3.63) is 46.5 Å². The third-order valence-corrected chi connectivity index (χ3v) is 7.40. The number of phenols is 1. The van der Waals surface area contributed by atoms with E-state index in [2.05, 4.69) is 13.0 Å². The van der Waals surface area contributed by atoms with Crippen molar-refractivity contribution in [2.75, 3.05) is 26.9 Å². The van der Waals surface area contributed by atoms with Gasteiger partial charge in [0.05, 0.1) is 31.2 Å². The van der Waals surface area contributed by atoms with Crippen molar-refractivity contribution in [1.29, 1.82) is 0 Å². The van der Waals surface area contributed by atoms with Gasteiger partial charge in [0.2, 0.25) is 11.8 Å². The van der Waals surface area contributed by atoms with Crippen molar-refractivity contribution in [1.82, 2.24) is 4.90 Å². The number of rotatable bonds is 10. The van der Waals surface area contributed by atoms with Gasteiger partial charge in [-0.25, -0.2) is 0 Å². The molecule has 6 heteroatoms. The molecule has 3 aliphatic rings. The van der Waals surface area contributed by atoms with Gasteiger partial charge in [-0.3, -0.25) is 14.5 Å². The second-order valence-corrected chi connectivity index (χ2v) is 9.77. The van der Waals surface area contributed by atoms with E-state index in [1.165, 1.54) is 16.0 Å². The number of ether oxygens (including phenoxy) is 2. The molecule has 0 radical (unpaired) electrons. The average Bonchev–Trinajstić information content (AvgIpc) is 3.33. The topological polar surface area (TPSA) is 76.1 Å². The van der Waals surface area contributed by atoms with Gasteiger partial charge in [-0.2, -0.15) is 0 Å². The Labute approximate surface area is 202 Å². The molecule has 4 atom stereocenters. The Balaban J connectivity index is 1.55. The number of nitrogens with zero attached hydrogens (tertiary/aromatic N) is 1. The molecule has 0 unspecified atom stereocenters. The number of methoxy groups -OCH3 is 1. The Hall–Kier alpha value is -2.44. The molecule has 2 amide bonds. The number of allylic oxidation sites excluding steroid dienone is 1. The van der Waals surface area contributed by atoms with Crippen LogP contribution >= 0.6 is 0 Å². The maximum absolute atomic E-state index is 13.2. The number of carbonyl (C=O) groups excluding carboxylic acids is 2. The van der Waals surface area contributed by atoms with Crippen molar-refractivity contribution >= 4 is 17.9 Å². The number of amides is 2. The molecule has 2 heterocycles. The summed E-state index contributed by atoms with van der Waals surface area (Å²) >= 11 is 0. The second kappa shape index (κ2) is 10.9. The Morgan fingerprint density at radius 1 is 1.18 bits per heavy atom. The molecular weight excluding hydrogens is 430 g/mol. The van der Waals surface area contributed by atoms with E-state index < -0.39 is 0 Å². The molecule has 1 aromatic carbocycles. The lowest BCUT2D eigenvalue weighted by atomic mass is 9.69. The molecule has 184 valence electrons. The van der Waals surface area contributed by atoms with Gasteiger partial charge in [-0.15, -0.1) is 0 Å². The highest BCUT2D eigenvalue weighted by Gasteiger charge is 2.56. The molecule has 0 aromatic heterocycles. The molecule has 4 rings (SSSR count). The summed E-state index contributed by atoms with van der Waals surface area (Å²) in [4.78, 5) is 27.7. The van der Waals surface area contributed by atoms with E-state index in [9.17, 15) is 14.7 Å². The molecule has 2 saturated heterocycles. The first-order valence-corrected chi connectivity index (χ1v) is 12.6. The zero-order valence-corrected chi connectivity index (χ0v) is 20.6. The van der Waals surface area contributed by atoms with Crippen LogP contribution in [0.2, 0.25) is 0 Å². The van der Waals surface area contributed by atoms with Crippen LogP contribution < -0.4 is 0 Å². The molecule has 6 nitrogen and oxygen atoms in total. The van der Waals surface area contributed by atoms with Gasteiger partial charge in [-0.1, -0.05) is 44.1 Å². The van der Waals surface area contributed by atoms with Gasteiger partial charge in [0.25, 0.3) is 0 Å². The van der Waals surface area contributed by atoms with E-state index in [1.807, 2.05) is 19.1 Å². The molecule has 0 spiro atoms. The zero-order valence-electron chi connectivity index (χ0n) is 20.6. The van der Waals surface area contributed by atoms with Crippen LogP contribution in [0.25, 0.3) is 6.08 Å². The molecule has 2 fully saturated rings. The van der Waals surface area contributed by atoms with Crippen molar-refractivity contribution in [3.63, 3.8) is 0 Å². The quantitative estimate of drug-likeness (QED) is 0.398. The summed E-state index contributed by atoms with van der Waals surface area (Å²) in [5.74, 6) is -0.371. The molecular formula is C28H37NO5. The predicted molar refractivity (Wildman–Crippen MR) is 131 cm³/mol. The Morgan fingerprint density at radius 3 is 2.71 bits per heavy atom. The monoisotopic (exact) mass is 467 g/mol. The lowest BCUT2D eigenvalue weighted by Crippen LogP contribution is -2.35. The average molecular weight is 468 g/mol. The highest BCUT2D eigenvalue weighted by molar-refractivity contribution is 6.05. The van der Waals surface area contributed by atoms with Crippen LogP contribution in [0, 0.1) is 17.8 Å². The minimum absolute atomic E-state index is 0.0180. The van der Waals surface area contributed by atoms with E-state index in [1.54, 1.807) is 19.2 Å². The number of fused-ring (bicyclic) bond motifs is 3. The maximum atomic E-state index is 13.2. The molecule has 1 aliphatic carbocycles. The van der Waals surface area contributed by atoms with Crippen molar-refractivity contribution in [3.8, 4) is 5.75 Å². The molecule has 2 aliphatic heterocycles. The van der Waals surface area contributed by atoms with Crippen LogP contribution in [0.15, 0.2) is 41.0 Å². The van der Waals surface area contributed by atoms with E-state index in [-0.39, 0.29) is 41.4 Å². The molecule has 0 saturated carbocycles. The normalized spacial score (nSPS) is 26.9. The lowest BCUT2D eigenvalue weighted by Gasteiger charge is -2.31. The molecule has 1 aromatic rings. The first-order valence-electron chi connectivity index (χ1n) is 12.6. The fraction of sp³-hybridized carbons (Fsp3) is 0.571. The van der Waals surface area contributed by atoms with Crippen LogP contribution in [-0.2, 0) is 19.1 Å². The van der Waals surface area contributed by atoms with Crippen LogP contribution in [0.4, 0.5) is 0 Å². The fourth-order valence-electron chi connectivity index (χ4n) is 6.05. The Bertz CT molecular complexity index is 981. The highest BCUT2D eigenvalue weighted by atomic mass is 16.5. The number of likely N-dealkylation sites (tertiary alicyclic amines) is 1. The number of aromatic hydroxyl groups is 1. The van der Waals surface area contributed by atoms with E-state index in [0.29, 0.717) is 26.2 Å². The smallest absolute Gasteiger partial charge is 0.233 e. The summed E-state index contributed by atoms with van der Waals surface area (Å²) in [7, 11) is 1.68.